The maximum atomic E-state index is 13.4. The monoisotopic (exact) mass is 311 g/mol. The van der Waals surface area contributed by atoms with Crippen LogP contribution in [0.15, 0.2) is 23.6 Å². The van der Waals surface area contributed by atoms with Gasteiger partial charge in [0.05, 0.1) is 16.1 Å². The molecule has 0 saturated heterocycles. The first kappa shape index (κ1) is 15.1. The summed E-state index contributed by atoms with van der Waals surface area (Å²) in [5, 5.41) is 12.2. The van der Waals surface area contributed by atoms with E-state index < -0.39 is 29.0 Å². The molecule has 0 unspecified atom stereocenters. The number of hydrogen-bond acceptors (Lipinski definition) is 3. The predicted molar refractivity (Wildman–Crippen MR) is 72.6 cm³/mol. The number of anilines is 1. The van der Waals surface area contributed by atoms with E-state index in [2.05, 4.69) is 17.2 Å². The number of hydrogen-bond donors (Lipinski definition) is 2. The van der Waals surface area contributed by atoms with Crippen molar-refractivity contribution >= 4 is 22.9 Å². The van der Waals surface area contributed by atoms with Gasteiger partial charge < -0.3 is 10.4 Å². The van der Waals surface area contributed by atoms with Crippen LogP contribution in [-0.4, -0.2) is 17.6 Å². The van der Waals surface area contributed by atoms with Crippen molar-refractivity contribution in [1.29, 1.82) is 0 Å². The number of aliphatic hydroxyl groups excluding tert-OH is 1. The van der Waals surface area contributed by atoms with E-state index in [0.29, 0.717) is 17.0 Å². The zero-order chi connectivity index (χ0) is 15.4. The zero-order valence-corrected chi connectivity index (χ0v) is 11.2. The Bertz CT molecular complexity index is 746. The molecular weight excluding hydrogens is 303 g/mol. The largest absolute Gasteiger partial charge is 0.384 e. The average molecular weight is 311 g/mol. The second-order valence-electron chi connectivity index (χ2n) is 3.86. The van der Waals surface area contributed by atoms with Crippen molar-refractivity contribution in [2.24, 2.45) is 0 Å². The van der Waals surface area contributed by atoms with Crippen LogP contribution in [0.5, 0.6) is 0 Å². The highest BCUT2D eigenvalue weighted by Gasteiger charge is 2.14. The molecule has 7 heteroatoms. The molecule has 2 rings (SSSR count). The van der Waals surface area contributed by atoms with E-state index >= 15 is 0 Å². The van der Waals surface area contributed by atoms with Gasteiger partial charge in [-0.05, 0) is 6.07 Å². The zero-order valence-electron chi connectivity index (χ0n) is 10.4. The third-order valence-electron chi connectivity index (χ3n) is 2.41. The second kappa shape index (κ2) is 6.43. The number of nitrogens with one attached hydrogen (secondary N) is 1. The Hall–Kier alpha value is -2.30. The SMILES string of the molecule is O=C(Nc1cc(F)c(F)cc1F)c1csc(C#CCO)c1. The summed E-state index contributed by atoms with van der Waals surface area (Å²) in [5.74, 6) is 0.705. The first-order chi connectivity index (χ1) is 10.0. The van der Waals surface area contributed by atoms with E-state index in [0.717, 1.165) is 11.3 Å². The third-order valence-corrected chi connectivity index (χ3v) is 3.26. The van der Waals surface area contributed by atoms with Crippen LogP contribution in [0.3, 0.4) is 0 Å². The van der Waals surface area contributed by atoms with Gasteiger partial charge in [-0.3, -0.25) is 4.79 Å². The Morgan fingerprint density at radius 2 is 1.90 bits per heavy atom. The molecule has 21 heavy (non-hydrogen) atoms. The fourth-order valence-electron chi connectivity index (χ4n) is 1.46. The van der Waals surface area contributed by atoms with Crippen LogP contribution in [0.2, 0.25) is 0 Å². The summed E-state index contributed by atoms with van der Waals surface area (Å²) in [7, 11) is 0. The molecule has 1 heterocycles. The number of carbonyl (C=O) groups excluding carboxylic acids is 1. The van der Waals surface area contributed by atoms with Crippen molar-refractivity contribution in [2.75, 3.05) is 11.9 Å². The molecule has 3 nitrogen and oxygen atoms in total. The normalized spacial score (nSPS) is 9.90. The lowest BCUT2D eigenvalue weighted by Crippen LogP contribution is -2.12. The van der Waals surface area contributed by atoms with Crippen LogP contribution in [0.1, 0.15) is 15.2 Å². The summed E-state index contributed by atoms with van der Waals surface area (Å²) < 4.78 is 39.2. The highest BCUT2D eigenvalue weighted by atomic mass is 32.1. The maximum absolute atomic E-state index is 13.4. The molecule has 0 radical (unpaired) electrons. The van der Waals surface area contributed by atoms with Crippen molar-refractivity contribution in [3.05, 3.63) is 51.5 Å². The molecule has 0 aliphatic heterocycles. The minimum Gasteiger partial charge on any atom is -0.384 e. The van der Waals surface area contributed by atoms with Crippen molar-refractivity contribution < 1.29 is 23.1 Å². The first-order valence-electron chi connectivity index (χ1n) is 5.65. The smallest absolute Gasteiger partial charge is 0.256 e. The molecule has 0 spiro atoms. The summed E-state index contributed by atoms with van der Waals surface area (Å²) in [4.78, 5) is 12.4. The number of rotatable bonds is 2. The number of amides is 1. The van der Waals surface area contributed by atoms with Gasteiger partial charge in [-0.15, -0.1) is 11.3 Å². The van der Waals surface area contributed by atoms with Gasteiger partial charge in [0.2, 0.25) is 0 Å². The first-order valence-corrected chi connectivity index (χ1v) is 6.53. The Labute approximate surface area is 122 Å². The maximum Gasteiger partial charge on any atom is 0.256 e. The van der Waals surface area contributed by atoms with E-state index in [1.807, 2.05) is 0 Å². The van der Waals surface area contributed by atoms with E-state index in [9.17, 15) is 18.0 Å². The van der Waals surface area contributed by atoms with E-state index in [1.165, 1.54) is 11.4 Å². The number of carbonyl (C=O) groups is 1. The summed E-state index contributed by atoms with van der Waals surface area (Å²) >= 11 is 1.16. The average Bonchev–Trinajstić information content (AvgIpc) is 2.91. The van der Waals surface area contributed by atoms with Crippen LogP contribution < -0.4 is 5.32 Å². The lowest BCUT2D eigenvalue weighted by Gasteiger charge is -2.05. The fourth-order valence-corrected chi connectivity index (χ4v) is 2.22. The summed E-state index contributed by atoms with van der Waals surface area (Å²) in [6.45, 7) is -0.306. The summed E-state index contributed by atoms with van der Waals surface area (Å²) in [6.07, 6.45) is 0. The van der Waals surface area contributed by atoms with Gasteiger partial charge in [0.15, 0.2) is 11.6 Å². The fraction of sp³-hybridized carbons (Fsp3) is 0.0714. The van der Waals surface area contributed by atoms with Crippen LogP contribution in [0, 0.1) is 29.3 Å². The van der Waals surface area contributed by atoms with Crippen molar-refractivity contribution in [1.82, 2.24) is 0 Å². The van der Waals surface area contributed by atoms with Gasteiger partial charge in [-0.2, -0.15) is 0 Å². The van der Waals surface area contributed by atoms with Gasteiger partial charge in [0.1, 0.15) is 12.4 Å². The Kier molecular flexibility index (Phi) is 4.62. The minimum absolute atomic E-state index is 0.200. The lowest BCUT2D eigenvalue weighted by atomic mass is 10.2. The Morgan fingerprint density at radius 3 is 2.62 bits per heavy atom. The molecule has 1 aromatic carbocycles. The highest BCUT2D eigenvalue weighted by molar-refractivity contribution is 7.10. The van der Waals surface area contributed by atoms with Gasteiger partial charge in [-0.25, -0.2) is 13.2 Å². The number of thiophene rings is 1. The Morgan fingerprint density at radius 1 is 1.19 bits per heavy atom. The number of aliphatic hydroxyl groups is 1. The predicted octanol–water partition coefficient (Wildman–Crippen LogP) is 2.76. The number of halogens is 3. The van der Waals surface area contributed by atoms with E-state index in [-0.39, 0.29) is 12.2 Å². The van der Waals surface area contributed by atoms with Gasteiger partial charge in [0.25, 0.3) is 5.91 Å². The molecule has 0 aliphatic carbocycles. The van der Waals surface area contributed by atoms with E-state index in [4.69, 9.17) is 5.11 Å². The van der Waals surface area contributed by atoms with Crippen LogP contribution in [-0.2, 0) is 0 Å². The Balaban J connectivity index is 2.18. The summed E-state index contributed by atoms with van der Waals surface area (Å²) in [5.41, 5.74) is -0.250. The van der Waals surface area contributed by atoms with Gasteiger partial charge >= 0.3 is 0 Å². The molecule has 1 aromatic heterocycles. The minimum atomic E-state index is -1.33. The highest BCUT2D eigenvalue weighted by Crippen LogP contribution is 2.20. The van der Waals surface area contributed by atoms with Gasteiger partial charge in [0, 0.05) is 17.5 Å². The van der Waals surface area contributed by atoms with Crippen molar-refractivity contribution in [3.8, 4) is 11.8 Å². The topological polar surface area (TPSA) is 49.3 Å². The molecule has 108 valence electrons. The molecule has 0 saturated carbocycles. The molecule has 0 fully saturated rings. The molecule has 0 aliphatic rings. The second-order valence-corrected chi connectivity index (χ2v) is 4.77. The molecule has 0 atom stereocenters. The summed E-state index contributed by atoms with van der Waals surface area (Å²) in [6, 6.07) is 2.37. The van der Waals surface area contributed by atoms with Crippen LogP contribution in [0.25, 0.3) is 0 Å². The lowest BCUT2D eigenvalue weighted by molar-refractivity contribution is 0.102. The standard InChI is InChI=1S/C14H8F3NO2S/c15-10-5-12(17)13(6-11(10)16)18-14(20)8-4-9(21-7-8)2-1-3-19/h4-7,19H,3H2,(H,18,20). The van der Waals surface area contributed by atoms with E-state index in [1.54, 1.807) is 0 Å². The molecule has 2 aromatic rings. The quantitative estimate of drug-likeness (QED) is 0.662. The third kappa shape index (κ3) is 3.62. The van der Waals surface area contributed by atoms with Crippen LogP contribution in [0.4, 0.5) is 18.9 Å². The van der Waals surface area contributed by atoms with Crippen LogP contribution >= 0.6 is 11.3 Å². The molecule has 1 amide bonds. The van der Waals surface area contributed by atoms with Crippen molar-refractivity contribution in [2.45, 2.75) is 0 Å². The molecular formula is C14H8F3NO2S. The van der Waals surface area contributed by atoms with Gasteiger partial charge in [-0.1, -0.05) is 11.8 Å². The molecule has 0 bridgehead atoms. The molecule has 2 N–H and O–H groups in total. The number of benzene rings is 1. The van der Waals surface area contributed by atoms with Crippen molar-refractivity contribution in [3.63, 3.8) is 0 Å².